The minimum atomic E-state index is 0.932. The van der Waals surface area contributed by atoms with E-state index >= 15 is 0 Å². The number of fused-ring (bicyclic) bond motifs is 1. The van der Waals surface area contributed by atoms with Crippen LogP contribution in [-0.2, 0) is 6.54 Å². The zero-order valence-corrected chi connectivity index (χ0v) is 13.3. The third-order valence-corrected chi connectivity index (χ3v) is 3.95. The molecule has 114 valence electrons. The van der Waals surface area contributed by atoms with Crippen molar-refractivity contribution in [3.05, 3.63) is 54.1 Å². The van der Waals surface area contributed by atoms with Crippen LogP contribution in [0.15, 0.2) is 48.5 Å². The van der Waals surface area contributed by atoms with Crippen LogP contribution < -0.4 is 5.32 Å². The Morgan fingerprint density at radius 2 is 1.77 bits per heavy atom. The van der Waals surface area contributed by atoms with Gasteiger partial charge in [0.1, 0.15) is 0 Å². The Bertz CT molecular complexity index is 741. The lowest BCUT2D eigenvalue weighted by Gasteiger charge is -2.11. The normalized spacial score (nSPS) is 11.0. The highest BCUT2D eigenvalue weighted by atomic mass is 15.2. The molecule has 1 heterocycles. The number of para-hydroxylation sites is 2. The molecular formula is C19H23N3. The maximum absolute atomic E-state index is 4.76. The van der Waals surface area contributed by atoms with Gasteiger partial charge in [-0.2, -0.15) is 0 Å². The Hall–Kier alpha value is -2.29. The van der Waals surface area contributed by atoms with Crippen LogP contribution in [0.2, 0.25) is 0 Å². The Labute approximate surface area is 132 Å². The molecule has 2 aromatic carbocycles. The molecular weight excluding hydrogens is 270 g/mol. The van der Waals surface area contributed by atoms with Crippen LogP contribution in [0, 0.1) is 6.92 Å². The molecule has 0 bridgehead atoms. The fourth-order valence-corrected chi connectivity index (χ4v) is 2.68. The third kappa shape index (κ3) is 3.14. The lowest BCUT2D eigenvalue weighted by atomic mass is 10.2. The molecule has 0 aliphatic rings. The number of benzene rings is 2. The van der Waals surface area contributed by atoms with Gasteiger partial charge in [0.2, 0.25) is 5.95 Å². The van der Waals surface area contributed by atoms with Crippen molar-refractivity contribution in [2.75, 3.05) is 5.32 Å². The van der Waals surface area contributed by atoms with Crippen LogP contribution in [0.4, 0.5) is 11.6 Å². The van der Waals surface area contributed by atoms with Crippen molar-refractivity contribution < 1.29 is 0 Å². The summed E-state index contributed by atoms with van der Waals surface area (Å²) in [5, 5.41) is 3.47. The first-order valence-corrected chi connectivity index (χ1v) is 8.07. The van der Waals surface area contributed by atoms with Gasteiger partial charge in [-0.3, -0.25) is 0 Å². The molecule has 0 amide bonds. The molecule has 0 saturated heterocycles. The molecule has 0 fully saturated rings. The summed E-state index contributed by atoms with van der Waals surface area (Å²) in [4.78, 5) is 4.76. The molecule has 0 saturated carbocycles. The number of nitrogens with zero attached hydrogens (tertiary/aromatic N) is 2. The summed E-state index contributed by atoms with van der Waals surface area (Å²) in [6.45, 7) is 5.34. The number of nitrogens with one attached hydrogen (secondary N) is 1. The van der Waals surface area contributed by atoms with Gasteiger partial charge in [-0.05, 0) is 37.6 Å². The van der Waals surface area contributed by atoms with Crippen molar-refractivity contribution in [2.45, 2.75) is 39.7 Å². The number of imidazole rings is 1. The van der Waals surface area contributed by atoms with Crippen molar-refractivity contribution in [1.29, 1.82) is 0 Å². The molecule has 3 heteroatoms. The number of aromatic nitrogens is 2. The van der Waals surface area contributed by atoms with Gasteiger partial charge in [0.05, 0.1) is 11.0 Å². The first-order valence-electron chi connectivity index (χ1n) is 8.07. The van der Waals surface area contributed by atoms with Crippen molar-refractivity contribution >= 4 is 22.7 Å². The van der Waals surface area contributed by atoms with Crippen LogP contribution in [0.1, 0.15) is 31.7 Å². The van der Waals surface area contributed by atoms with E-state index in [4.69, 9.17) is 4.98 Å². The van der Waals surface area contributed by atoms with Gasteiger partial charge in [-0.15, -0.1) is 0 Å². The van der Waals surface area contributed by atoms with Gasteiger partial charge in [-0.1, -0.05) is 49.6 Å². The summed E-state index contributed by atoms with van der Waals surface area (Å²) in [7, 11) is 0. The predicted octanol–water partition coefficient (Wildman–Crippen LogP) is 5.28. The fraction of sp³-hybridized carbons (Fsp3) is 0.316. The number of anilines is 2. The quantitative estimate of drug-likeness (QED) is 0.627. The number of aryl methyl sites for hydroxylation is 2. The van der Waals surface area contributed by atoms with Crippen LogP contribution >= 0.6 is 0 Å². The van der Waals surface area contributed by atoms with Crippen molar-refractivity contribution in [1.82, 2.24) is 9.55 Å². The molecule has 0 atom stereocenters. The summed E-state index contributed by atoms with van der Waals surface area (Å²) in [5.74, 6) is 0.932. The molecule has 22 heavy (non-hydrogen) atoms. The van der Waals surface area contributed by atoms with E-state index in [1.54, 1.807) is 0 Å². The molecule has 0 aliphatic heterocycles. The number of hydrogen-bond donors (Lipinski definition) is 1. The van der Waals surface area contributed by atoms with Gasteiger partial charge >= 0.3 is 0 Å². The second-order valence-corrected chi connectivity index (χ2v) is 5.77. The van der Waals surface area contributed by atoms with Crippen molar-refractivity contribution in [3.63, 3.8) is 0 Å². The molecule has 1 N–H and O–H groups in total. The maximum Gasteiger partial charge on any atom is 0.208 e. The number of unbranched alkanes of at least 4 members (excludes halogenated alkanes) is 2. The van der Waals surface area contributed by atoms with E-state index in [9.17, 15) is 0 Å². The Balaban J connectivity index is 1.92. The van der Waals surface area contributed by atoms with Crippen LogP contribution in [-0.4, -0.2) is 9.55 Å². The van der Waals surface area contributed by atoms with E-state index < -0.39 is 0 Å². The first-order chi connectivity index (χ1) is 10.8. The summed E-state index contributed by atoms with van der Waals surface area (Å²) < 4.78 is 2.30. The van der Waals surface area contributed by atoms with E-state index in [0.29, 0.717) is 0 Å². The van der Waals surface area contributed by atoms with Crippen molar-refractivity contribution in [3.8, 4) is 0 Å². The minimum absolute atomic E-state index is 0.932. The maximum atomic E-state index is 4.76. The van der Waals surface area contributed by atoms with Gasteiger partial charge in [0, 0.05) is 12.2 Å². The van der Waals surface area contributed by atoms with E-state index in [1.165, 1.54) is 30.3 Å². The zero-order valence-electron chi connectivity index (χ0n) is 13.3. The monoisotopic (exact) mass is 293 g/mol. The molecule has 0 unspecified atom stereocenters. The van der Waals surface area contributed by atoms with Gasteiger partial charge in [0.15, 0.2) is 0 Å². The van der Waals surface area contributed by atoms with Crippen molar-refractivity contribution in [2.24, 2.45) is 0 Å². The molecule has 0 radical (unpaired) electrons. The third-order valence-electron chi connectivity index (χ3n) is 3.95. The molecule has 3 aromatic rings. The molecule has 1 aromatic heterocycles. The summed E-state index contributed by atoms with van der Waals surface area (Å²) in [5.41, 5.74) is 4.60. The smallest absolute Gasteiger partial charge is 0.208 e. The average molecular weight is 293 g/mol. The van der Waals surface area contributed by atoms with Crippen LogP contribution in [0.25, 0.3) is 11.0 Å². The molecule has 3 nitrogen and oxygen atoms in total. The van der Waals surface area contributed by atoms with E-state index in [2.05, 4.69) is 66.2 Å². The van der Waals surface area contributed by atoms with Crippen LogP contribution in [0.3, 0.4) is 0 Å². The van der Waals surface area contributed by atoms with Gasteiger partial charge in [0.25, 0.3) is 0 Å². The summed E-state index contributed by atoms with van der Waals surface area (Å²) in [6, 6.07) is 16.8. The lowest BCUT2D eigenvalue weighted by molar-refractivity contribution is 0.618. The standard InChI is InChI=1S/C19H23N3/c1-3-4-7-14-22-18-9-6-5-8-17(18)21-19(22)20-16-12-10-15(2)11-13-16/h5-6,8-13H,3-4,7,14H2,1-2H3,(H,20,21). The minimum Gasteiger partial charge on any atom is -0.326 e. The summed E-state index contributed by atoms with van der Waals surface area (Å²) in [6.07, 6.45) is 3.66. The predicted molar refractivity (Wildman–Crippen MR) is 93.7 cm³/mol. The van der Waals surface area contributed by atoms with Crippen LogP contribution in [0.5, 0.6) is 0 Å². The molecule has 3 rings (SSSR count). The first kappa shape index (κ1) is 14.6. The summed E-state index contributed by atoms with van der Waals surface area (Å²) >= 11 is 0. The Morgan fingerprint density at radius 3 is 2.55 bits per heavy atom. The second-order valence-electron chi connectivity index (χ2n) is 5.77. The average Bonchev–Trinajstić information content (AvgIpc) is 2.88. The Kier molecular flexibility index (Phi) is 4.42. The SMILES string of the molecule is CCCCCn1c(Nc2ccc(C)cc2)nc2ccccc21. The molecule has 0 aliphatic carbocycles. The van der Waals surface area contributed by atoms with Gasteiger partial charge in [-0.25, -0.2) is 4.98 Å². The fourth-order valence-electron chi connectivity index (χ4n) is 2.68. The largest absolute Gasteiger partial charge is 0.326 e. The van der Waals surface area contributed by atoms with E-state index in [1.807, 2.05) is 6.07 Å². The number of rotatable bonds is 6. The molecule has 0 spiro atoms. The highest BCUT2D eigenvalue weighted by Crippen LogP contribution is 2.23. The highest BCUT2D eigenvalue weighted by molar-refractivity contribution is 5.79. The van der Waals surface area contributed by atoms with E-state index in [0.717, 1.165) is 23.7 Å². The highest BCUT2D eigenvalue weighted by Gasteiger charge is 2.10. The van der Waals surface area contributed by atoms with E-state index in [-0.39, 0.29) is 0 Å². The zero-order chi connectivity index (χ0) is 15.4. The Morgan fingerprint density at radius 1 is 1.00 bits per heavy atom. The second kappa shape index (κ2) is 6.65. The topological polar surface area (TPSA) is 29.9 Å². The number of hydrogen-bond acceptors (Lipinski definition) is 2. The lowest BCUT2D eigenvalue weighted by Crippen LogP contribution is -2.04. The van der Waals surface area contributed by atoms with Gasteiger partial charge < -0.3 is 9.88 Å².